The van der Waals surface area contributed by atoms with Crippen LogP contribution in [0.25, 0.3) is 28.1 Å². The van der Waals surface area contributed by atoms with Crippen LogP contribution in [-0.4, -0.2) is 22.1 Å². The summed E-state index contributed by atoms with van der Waals surface area (Å²) >= 11 is 6.08. The van der Waals surface area contributed by atoms with E-state index in [2.05, 4.69) is 51.8 Å². The lowest BCUT2D eigenvalue weighted by atomic mass is 10.0. The summed E-state index contributed by atoms with van der Waals surface area (Å²) < 4.78 is 0. The van der Waals surface area contributed by atoms with Gasteiger partial charge in [-0.3, -0.25) is 0 Å². The average Bonchev–Trinajstić information content (AvgIpc) is 3.24. The van der Waals surface area contributed by atoms with Crippen LogP contribution in [0.15, 0.2) is 61.1 Å². The maximum Gasteiger partial charge on any atom is 0.134 e. The zero-order valence-corrected chi connectivity index (χ0v) is 13.7. The maximum absolute atomic E-state index is 6.08. The first kappa shape index (κ1) is 14.8. The van der Waals surface area contributed by atoms with Crippen molar-refractivity contribution in [3.8, 4) is 22.4 Å². The van der Waals surface area contributed by atoms with Crippen molar-refractivity contribution in [3.05, 3.63) is 71.8 Å². The van der Waals surface area contributed by atoms with Gasteiger partial charge in [0.05, 0.1) is 18.2 Å². The lowest BCUT2D eigenvalue weighted by Gasteiger charge is -2.06. The van der Waals surface area contributed by atoms with Crippen molar-refractivity contribution >= 4 is 17.3 Å². The number of hydrogen-bond donors (Lipinski definition) is 2. The Hall–Kier alpha value is -2.76. The van der Waals surface area contributed by atoms with Crippen LogP contribution < -0.4 is 5.48 Å². The molecule has 24 heavy (non-hydrogen) atoms. The van der Waals surface area contributed by atoms with E-state index in [0.717, 1.165) is 33.6 Å². The molecule has 5 nitrogen and oxygen atoms in total. The van der Waals surface area contributed by atoms with Crippen LogP contribution >= 0.6 is 11.6 Å². The van der Waals surface area contributed by atoms with E-state index < -0.39 is 0 Å². The molecule has 1 aliphatic heterocycles. The summed E-state index contributed by atoms with van der Waals surface area (Å²) in [6.07, 6.45) is 3.49. The number of nitrogens with one attached hydrogen (secondary N) is 2. The second kappa shape index (κ2) is 6.03. The molecule has 3 aromatic rings. The molecule has 2 aromatic carbocycles. The van der Waals surface area contributed by atoms with Crippen molar-refractivity contribution in [1.29, 1.82) is 0 Å². The number of aromatic amines is 1. The van der Waals surface area contributed by atoms with Crippen LogP contribution in [0.3, 0.4) is 0 Å². The number of nitrogens with zero attached hydrogens (tertiary/aromatic N) is 2. The number of halogens is 1. The fourth-order valence-corrected chi connectivity index (χ4v) is 2.84. The third-order valence-electron chi connectivity index (χ3n) is 3.89. The van der Waals surface area contributed by atoms with Crippen molar-refractivity contribution in [2.45, 2.75) is 0 Å². The van der Waals surface area contributed by atoms with Gasteiger partial charge in [-0.15, -0.1) is 0 Å². The number of aromatic nitrogens is 2. The first-order valence-corrected chi connectivity index (χ1v) is 7.86. The minimum atomic E-state index is 0.552. The quantitative estimate of drug-likeness (QED) is 0.755. The Morgan fingerprint density at radius 2 is 1.50 bits per heavy atom. The molecule has 0 atom stereocenters. The molecule has 4 rings (SSSR count). The molecule has 0 bridgehead atoms. The second-order valence-electron chi connectivity index (χ2n) is 5.50. The summed E-state index contributed by atoms with van der Waals surface area (Å²) in [5.41, 5.74) is 8.92. The van der Waals surface area contributed by atoms with Gasteiger partial charge in [0.15, 0.2) is 0 Å². The van der Waals surface area contributed by atoms with Gasteiger partial charge in [-0.1, -0.05) is 60.1 Å². The first-order chi connectivity index (χ1) is 11.7. The maximum atomic E-state index is 6.08. The van der Waals surface area contributed by atoms with Crippen molar-refractivity contribution in [3.63, 3.8) is 0 Å². The summed E-state index contributed by atoms with van der Waals surface area (Å²) in [5.74, 6) is 0. The van der Waals surface area contributed by atoms with E-state index >= 15 is 0 Å². The van der Waals surface area contributed by atoms with Crippen LogP contribution in [-0.2, 0) is 4.94 Å². The van der Waals surface area contributed by atoms with E-state index in [9.17, 15) is 0 Å². The highest BCUT2D eigenvalue weighted by Crippen LogP contribution is 2.28. The summed E-state index contributed by atoms with van der Waals surface area (Å²) in [6, 6.07) is 16.5. The van der Waals surface area contributed by atoms with Gasteiger partial charge in [0.1, 0.15) is 10.8 Å². The highest BCUT2D eigenvalue weighted by atomic mass is 35.5. The second-order valence-corrected chi connectivity index (χ2v) is 5.88. The highest BCUT2D eigenvalue weighted by Gasteiger charge is 2.11. The van der Waals surface area contributed by atoms with Gasteiger partial charge < -0.3 is 4.98 Å². The number of imidazole rings is 1. The Kier molecular flexibility index (Phi) is 3.72. The van der Waals surface area contributed by atoms with Crippen LogP contribution in [0.2, 0.25) is 5.15 Å². The molecular formula is C18H15ClN4O. The number of hydroxylamine groups is 3. The lowest BCUT2D eigenvalue weighted by molar-refractivity contribution is -0.121. The first-order valence-electron chi connectivity index (χ1n) is 7.48. The van der Waals surface area contributed by atoms with Crippen LogP contribution in [0.4, 0.5) is 0 Å². The Bertz CT molecular complexity index is 884. The van der Waals surface area contributed by atoms with Gasteiger partial charge in [-0.2, -0.15) is 4.94 Å². The molecule has 1 aromatic heterocycles. The molecule has 0 unspecified atom stereocenters. The van der Waals surface area contributed by atoms with Gasteiger partial charge >= 0.3 is 0 Å². The van der Waals surface area contributed by atoms with E-state index in [4.69, 9.17) is 16.5 Å². The standard InChI is InChI=1S/C18H15ClN4O/c1-23-10-16(22-24-23)14-6-2-12(3-7-14)13-4-8-15(9-5-13)17-18(19)21-11-20-17/h2-11,22H,1H3,(H,20,21). The summed E-state index contributed by atoms with van der Waals surface area (Å²) in [6.45, 7) is 0. The average molecular weight is 339 g/mol. The monoisotopic (exact) mass is 338 g/mol. The molecule has 2 heterocycles. The molecule has 2 N–H and O–H groups in total. The zero-order chi connectivity index (χ0) is 16.5. The minimum Gasteiger partial charge on any atom is -0.335 e. The van der Waals surface area contributed by atoms with Gasteiger partial charge in [-0.25, -0.2) is 15.5 Å². The Morgan fingerprint density at radius 3 is 2.00 bits per heavy atom. The Balaban J connectivity index is 1.58. The zero-order valence-electron chi connectivity index (χ0n) is 13.0. The number of benzene rings is 2. The van der Waals surface area contributed by atoms with Gasteiger partial charge in [0.2, 0.25) is 0 Å². The highest BCUT2D eigenvalue weighted by molar-refractivity contribution is 6.31. The van der Waals surface area contributed by atoms with E-state index in [0.29, 0.717) is 5.15 Å². The van der Waals surface area contributed by atoms with Crippen LogP contribution in [0.1, 0.15) is 5.56 Å². The van der Waals surface area contributed by atoms with Gasteiger partial charge in [0.25, 0.3) is 0 Å². The largest absolute Gasteiger partial charge is 0.335 e. The normalized spacial score (nSPS) is 13.8. The van der Waals surface area contributed by atoms with Crippen molar-refractivity contribution in [2.75, 3.05) is 7.05 Å². The summed E-state index contributed by atoms with van der Waals surface area (Å²) in [7, 11) is 1.83. The van der Waals surface area contributed by atoms with Crippen molar-refractivity contribution in [2.24, 2.45) is 0 Å². The molecular weight excluding hydrogens is 324 g/mol. The number of hydrogen-bond acceptors (Lipinski definition) is 4. The third-order valence-corrected chi connectivity index (χ3v) is 4.18. The van der Waals surface area contributed by atoms with Crippen molar-refractivity contribution < 1.29 is 4.94 Å². The molecule has 120 valence electrons. The summed E-state index contributed by atoms with van der Waals surface area (Å²) in [4.78, 5) is 12.3. The lowest BCUT2D eigenvalue weighted by Crippen LogP contribution is -2.12. The van der Waals surface area contributed by atoms with E-state index in [1.807, 2.05) is 25.4 Å². The molecule has 1 aliphatic rings. The molecule has 0 saturated carbocycles. The predicted octanol–water partition coefficient (Wildman–Crippen LogP) is 4.08. The van der Waals surface area contributed by atoms with Gasteiger partial charge in [-0.05, 0) is 11.1 Å². The SMILES string of the molecule is CN1C=C(c2ccc(-c3ccc(-c4nc[nH]c4Cl)cc3)cc2)NO1. The van der Waals surface area contributed by atoms with E-state index in [1.54, 1.807) is 11.4 Å². The van der Waals surface area contributed by atoms with Gasteiger partial charge in [0, 0.05) is 18.2 Å². The molecule has 0 amide bonds. The topological polar surface area (TPSA) is 53.2 Å². The molecule has 6 heteroatoms. The minimum absolute atomic E-state index is 0.552. The van der Waals surface area contributed by atoms with E-state index in [-0.39, 0.29) is 0 Å². The Morgan fingerprint density at radius 1 is 0.917 bits per heavy atom. The number of rotatable bonds is 3. The summed E-state index contributed by atoms with van der Waals surface area (Å²) in [5, 5.41) is 2.18. The smallest absolute Gasteiger partial charge is 0.134 e. The fraction of sp³-hybridized carbons (Fsp3) is 0.0556. The number of H-pyrrole nitrogens is 1. The van der Waals surface area contributed by atoms with E-state index in [1.165, 1.54) is 0 Å². The third kappa shape index (κ3) is 2.75. The van der Waals surface area contributed by atoms with Crippen molar-refractivity contribution in [1.82, 2.24) is 20.5 Å². The van der Waals surface area contributed by atoms with Crippen LogP contribution in [0.5, 0.6) is 0 Å². The molecule has 0 aliphatic carbocycles. The molecule has 0 radical (unpaired) electrons. The Labute approximate surface area is 144 Å². The molecule has 0 spiro atoms. The van der Waals surface area contributed by atoms with Crippen LogP contribution in [0, 0.1) is 0 Å². The molecule has 0 saturated heterocycles. The predicted molar refractivity (Wildman–Crippen MR) is 94.4 cm³/mol. The molecule has 0 fully saturated rings. The fourth-order valence-electron chi connectivity index (χ4n) is 2.63.